The van der Waals surface area contributed by atoms with Crippen LogP contribution in [0.4, 0.5) is 0 Å². The molecule has 0 radical (unpaired) electrons. The Balaban J connectivity index is 1.49. The number of benzene rings is 2. The molecule has 1 aromatic heterocycles. The van der Waals surface area contributed by atoms with Crippen LogP contribution in [0.3, 0.4) is 0 Å². The monoisotopic (exact) mass is 544 g/mol. The smallest absolute Gasteiger partial charge is 0.264 e. The van der Waals surface area contributed by atoms with E-state index in [0.29, 0.717) is 48.1 Å². The number of Topliss-reactive ketones (excluding diaryl/α,β-unsaturated/α-hetero) is 1. The molecule has 1 fully saturated rings. The number of hydrogen-bond acceptors (Lipinski definition) is 6. The molecule has 4 rings (SSSR count). The SMILES string of the molecule is C=C(CCC1(c2ccc(S(=O)(=O)NC(=O)CC)cc2)COC1)C(=O)c1cc2c(Cl)c(OC)ccc2n1C. The minimum Gasteiger partial charge on any atom is -0.495 e. The Kier molecular flexibility index (Phi) is 7.50. The van der Waals surface area contributed by atoms with Crippen LogP contribution >= 0.6 is 11.6 Å². The molecule has 0 spiro atoms. The van der Waals surface area contributed by atoms with Crippen molar-refractivity contribution in [2.45, 2.75) is 36.5 Å². The highest BCUT2D eigenvalue weighted by Crippen LogP contribution is 2.39. The lowest BCUT2D eigenvalue weighted by atomic mass is 9.74. The van der Waals surface area contributed by atoms with Gasteiger partial charge in [0.25, 0.3) is 10.0 Å². The van der Waals surface area contributed by atoms with Crippen LogP contribution in [-0.4, -0.2) is 45.0 Å². The maximum atomic E-state index is 13.3. The standard InChI is InChI=1S/C27H29ClN2O6S/c1-5-24(31)29-37(33,34)19-8-6-18(7-9-19)27(15-36-16-27)13-12-17(2)26(32)22-14-20-21(30(22)3)10-11-23(35-4)25(20)28/h6-11,14H,2,5,12-13,15-16H2,1,3-4H3,(H,29,31). The van der Waals surface area contributed by atoms with Crippen LogP contribution in [-0.2, 0) is 32.0 Å². The van der Waals surface area contributed by atoms with Crippen molar-refractivity contribution >= 4 is 44.2 Å². The number of amides is 1. The number of nitrogens with one attached hydrogen (secondary N) is 1. The molecule has 0 atom stereocenters. The first-order valence-electron chi connectivity index (χ1n) is 11.8. The van der Waals surface area contributed by atoms with Crippen molar-refractivity contribution in [3.63, 3.8) is 0 Å². The Morgan fingerprint density at radius 3 is 2.43 bits per heavy atom. The van der Waals surface area contributed by atoms with Crippen molar-refractivity contribution in [1.29, 1.82) is 0 Å². The van der Waals surface area contributed by atoms with Gasteiger partial charge in [0.15, 0.2) is 0 Å². The summed E-state index contributed by atoms with van der Waals surface area (Å²) in [6, 6.07) is 11.8. The van der Waals surface area contributed by atoms with Crippen molar-refractivity contribution in [1.82, 2.24) is 9.29 Å². The third-order valence-corrected chi connectivity index (χ3v) is 8.69. The number of rotatable bonds is 10. The van der Waals surface area contributed by atoms with Gasteiger partial charge in [-0.2, -0.15) is 0 Å². The van der Waals surface area contributed by atoms with Gasteiger partial charge < -0.3 is 14.0 Å². The molecule has 1 N–H and O–H groups in total. The number of nitrogens with zero attached hydrogens (tertiary/aromatic N) is 1. The molecule has 1 aliphatic heterocycles. The minimum atomic E-state index is -3.92. The molecule has 2 aromatic carbocycles. The van der Waals surface area contributed by atoms with Gasteiger partial charge in [-0.3, -0.25) is 9.59 Å². The van der Waals surface area contributed by atoms with Gasteiger partial charge in [0.05, 0.1) is 41.5 Å². The summed E-state index contributed by atoms with van der Waals surface area (Å²) in [5.41, 5.74) is 2.31. The summed E-state index contributed by atoms with van der Waals surface area (Å²) in [5, 5.41) is 1.18. The molecular formula is C27H29ClN2O6S. The second-order valence-corrected chi connectivity index (χ2v) is 11.3. The van der Waals surface area contributed by atoms with Gasteiger partial charge in [0.1, 0.15) is 5.75 Å². The number of aromatic nitrogens is 1. The van der Waals surface area contributed by atoms with Gasteiger partial charge >= 0.3 is 0 Å². The van der Waals surface area contributed by atoms with Crippen molar-refractivity contribution in [3.05, 3.63) is 70.9 Å². The number of ether oxygens (including phenoxy) is 2. The molecule has 2 heterocycles. The number of hydrogen-bond donors (Lipinski definition) is 1. The Labute approximate surface area is 221 Å². The Morgan fingerprint density at radius 1 is 1.19 bits per heavy atom. The summed E-state index contributed by atoms with van der Waals surface area (Å²) < 4.78 is 39.4. The first kappa shape index (κ1) is 26.9. The molecule has 0 bridgehead atoms. The first-order chi connectivity index (χ1) is 17.5. The number of methoxy groups -OCH3 is 1. The van der Waals surface area contributed by atoms with Gasteiger partial charge in [-0.15, -0.1) is 0 Å². The van der Waals surface area contributed by atoms with Gasteiger partial charge in [-0.25, -0.2) is 13.1 Å². The molecule has 196 valence electrons. The van der Waals surface area contributed by atoms with Gasteiger partial charge in [0.2, 0.25) is 11.7 Å². The Morgan fingerprint density at radius 2 is 1.86 bits per heavy atom. The van der Waals surface area contributed by atoms with E-state index in [2.05, 4.69) is 6.58 Å². The molecule has 1 saturated heterocycles. The average molecular weight is 545 g/mol. The van der Waals surface area contributed by atoms with Gasteiger partial charge in [-0.1, -0.05) is 37.2 Å². The second kappa shape index (κ2) is 10.3. The topological polar surface area (TPSA) is 104 Å². The number of aryl methyl sites for hydroxylation is 1. The Hall–Kier alpha value is -3.14. The van der Waals surface area contributed by atoms with Crippen molar-refractivity contribution < 1.29 is 27.5 Å². The highest BCUT2D eigenvalue weighted by molar-refractivity contribution is 7.90. The number of ketones is 1. The largest absolute Gasteiger partial charge is 0.495 e. The third kappa shape index (κ3) is 5.03. The lowest BCUT2D eigenvalue weighted by Gasteiger charge is -2.42. The zero-order valence-electron chi connectivity index (χ0n) is 21.0. The van der Waals surface area contributed by atoms with Crippen LogP contribution < -0.4 is 9.46 Å². The molecule has 0 saturated carbocycles. The maximum Gasteiger partial charge on any atom is 0.264 e. The van der Waals surface area contributed by atoms with E-state index in [1.807, 2.05) is 17.8 Å². The van der Waals surface area contributed by atoms with E-state index in [0.717, 1.165) is 16.5 Å². The number of carbonyl (C=O) groups is 2. The van der Waals surface area contributed by atoms with E-state index < -0.39 is 15.9 Å². The summed E-state index contributed by atoms with van der Waals surface area (Å²) >= 11 is 6.45. The van der Waals surface area contributed by atoms with Gasteiger partial charge in [0, 0.05) is 24.3 Å². The van der Waals surface area contributed by atoms with E-state index in [4.69, 9.17) is 21.1 Å². The quantitative estimate of drug-likeness (QED) is 0.297. The highest BCUT2D eigenvalue weighted by Gasteiger charge is 2.40. The van der Waals surface area contributed by atoms with E-state index in [1.54, 1.807) is 42.9 Å². The summed E-state index contributed by atoms with van der Waals surface area (Å²) in [5.74, 6) is -0.197. The van der Waals surface area contributed by atoms with E-state index >= 15 is 0 Å². The van der Waals surface area contributed by atoms with Crippen molar-refractivity contribution in [3.8, 4) is 5.75 Å². The van der Waals surface area contributed by atoms with E-state index in [9.17, 15) is 18.0 Å². The van der Waals surface area contributed by atoms with E-state index in [1.165, 1.54) is 12.1 Å². The lowest BCUT2D eigenvalue weighted by Crippen LogP contribution is -2.46. The number of sulfonamides is 1. The van der Waals surface area contributed by atoms with Crippen LogP contribution in [0.5, 0.6) is 5.75 Å². The van der Waals surface area contributed by atoms with Crippen LogP contribution in [0.25, 0.3) is 10.9 Å². The molecule has 0 unspecified atom stereocenters. The first-order valence-corrected chi connectivity index (χ1v) is 13.7. The zero-order valence-corrected chi connectivity index (χ0v) is 22.5. The normalized spacial score (nSPS) is 14.7. The molecule has 8 nitrogen and oxygen atoms in total. The number of carbonyl (C=O) groups excluding carboxylic acids is 2. The fraction of sp³-hybridized carbons (Fsp3) is 0.333. The van der Waals surface area contributed by atoms with Crippen LogP contribution in [0, 0.1) is 0 Å². The Bertz CT molecular complexity index is 1490. The highest BCUT2D eigenvalue weighted by atomic mass is 35.5. The number of allylic oxidation sites excluding steroid dienone is 1. The summed E-state index contributed by atoms with van der Waals surface area (Å²) in [6.07, 6.45) is 1.11. The van der Waals surface area contributed by atoms with Crippen LogP contribution in [0.1, 0.15) is 42.2 Å². The summed E-state index contributed by atoms with van der Waals surface area (Å²) in [6.45, 7) is 6.55. The molecule has 1 amide bonds. The maximum absolute atomic E-state index is 13.3. The minimum absolute atomic E-state index is 0.0131. The molecule has 0 aliphatic carbocycles. The predicted molar refractivity (Wildman–Crippen MR) is 142 cm³/mol. The molecule has 10 heteroatoms. The predicted octanol–water partition coefficient (Wildman–Crippen LogP) is 4.54. The summed E-state index contributed by atoms with van der Waals surface area (Å²) in [4.78, 5) is 24.9. The molecule has 1 aliphatic rings. The number of halogens is 1. The molecule has 37 heavy (non-hydrogen) atoms. The average Bonchev–Trinajstić information content (AvgIpc) is 3.20. The van der Waals surface area contributed by atoms with Crippen molar-refractivity contribution in [2.75, 3.05) is 20.3 Å². The fourth-order valence-electron chi connectivity index (χ4n) is 4.49. The lowest BCUT2D eigenvalue weighted by molar-refractivity contribution is -0.119. The summed E-state index contributed by atoms with van der Waals surface area (Å²) in [7, 11) is -0.569. The fourth-order valence-corrected chi connectivity index (χ4v) is 5.84. The van der Waals surface area contributed by atoms with Crippen molar-refractivity contribution in [2.24, 2.45) is 7.05 Å². The van der Waals surface area contributed by atoms with E-state index in [-0.39, 0.29) is 22.5 Å². The van der Waals surface area contributed by atoms with Crippen LogP contribution in [0.15, 0.2) is 59.5 Å². The molecule has 3 aromatic rings. The third-order valence-electron chi connectivity index (χ3n) is 6.91. The number of fused-ring (bicyclic) bond motifs is 1. The van der Waals surface area contributed by atoms with Crippen LogP contribution in [0.2, 0.25) is 5.02 Å². The zero-order chi connectivity index (χ0) is 27.0. The second-order valence-electron chi connectivity index (χ2n) is 9.22. The molecular weight excluding hydrogens is 516 g/mol. The van der Waals surface area contributed by atoms with Gasteiger partial charge in [-0.05, 0) is 54.3 Å².